The van der Waals surface area contributed by atoms with E-state index < -0.39 is 0 Å². The summed E-state index contributed by atoms with van der Waals surface area (Å²) < 4.78 is 2.03. The van der Waals surface area contributed by atoms with Crippen LogP contribution < -0.4 is 4.90 Å². The van der Waals surface area contributed by atoms with Crippen LogP contribution in [-0.2, 0) is 4.79 Å². The quantitative estimate of drug-likeness (QED) is 0.279. The first-order valence-electron chi connectivity index (χ1n) is 7.31. The van der Waals surface area contributed by atoms with Crippen LogP contribution in [0.1, 0.15) is 16.7 Å². The molecule has 0 aromatic heterocycles. The number of thiocarbonyl (C=S) groups is 1. The molecule has 128 valence electrons. The minimum Gasteiger partial charge on any atom is -0.506 e. The molecule has 1 saturated heterocycles. The summed E-state index contributed by atoms with van der Waals surface area (Å²) in [7, 11) is 0. The monoisotopic (exact) mass is 593 g/mol. The fraction of sp³-hybridized carbons (Fsp3) is 0.111. The maximum Gasteiger partial charge on any atom is 0.270 e. The largest absolute Gasteiger partial charge is 0.506 e. The summed E-state index contributed by atoms with van der Waals surface area (Å²) in [5.41, 5.74) is 3.86. The molecule has 0 bridgehead atoms. The van der Waals surface area contributed by atoms with Crippen molar-refractivity contribution in [2.24, 2.45) is 0 Å². The molecule has 2 aromatic carbocycles. The summed E-state index contributed by atoms with van der Waals surface area (Å²) in [6, 6.07) is 9.66. The molecule has 3 rings (SSSR count). The first-order chi connectivity index (χ1) is 11.8. The van der Waals surface area contributed by atoms with Gasteiger partial charge in [-0.05, 0) is 94.4 Å². The Morgan fingerprint density at radius 1 is 1.16 bits per heavy atom. The highest BCUT2D eigenvalue weighted by molar-refractivity contribution is 14.1. The van der Waals surface area contributed by atoms with Crippen molar-refractivity contribution in [3.63, 3.8) is 0 Å². The molecule has 1 N–H and O–H groups in total. The number of aryl methyl sites for hydroxylation is 2. The number of anilines is 1. The highest BCUT2D eigenvalue weighted by Gasteiger charge is 2.34. The van der Waals surface area contributed by atoms with Gasteiger partial charge in [-0.1, -0.05) is 41.7 Å². The Morgan fingerprint density at radius 3 is 2.40 bits per heavy atom. The summed E-state index contributed by atoms with van der Waals surface area (Å²) in [4.78, 5) is 15.1. The highest BCUT2D eigenvalue weighted by atomic mass is 127. The van der Waals surface area contributed by atoms with Gasteiger partial charge in [0, 0.05) is 0 Å². The van der Waals surface area contributed by atoms with Crippen LogP contribution in [-0.4, -0.2) is 15.3 Å². The Hall–Kier alpha value is -0.650. The number of hydrogen-bond donors (Lipinski definition) is 1. The highest BCUT2D eigenvalue weighted by Crippen LogP contribution is 2.38. The smallest absolute Gasteiger partial charge is 0.270 e. The van der Waals surface area contributed by atoms with E-state index in [-0.39, 0.29) is 11.7 Å². The predicted octanol–water partition coefficient (Wildman–Crippen LogP) is 5.62. The van der Waals surface area contributed by atoms with E-state index in [4.69, 9.17) is 12.2 Å². The lowest BCUT2D eigenvalue weighted by atomic mass is 10.1. The first kappa shape index (κ1) is 19.1. The van der Waals surface area contributed by atoms with Crippen molar-refractivity contribution in [1.29, 1.82) is 0 Å². The fourth-order valence-electron chi connectivity index (χ4n) is 2.55. The van der Waals surface area contributed by atoms with Gasteiger partial charge in [0.2, 0.25) is 0 Å². The topological polar surface area (TPSA) is 40.5 Å². The van der Waals surface area contributed by atoms with E-state index >= 15 is 0 Å². The molecule has 0 saturated carbocycles. The van der Waals surface area contributed by atoms with Gasteiger partial charge in [-0.3, -0.25) is 9.69 Å². The Kier molecular flexibility index (Phi) is 5.76. The van der Waals surface area contributed by atoms with Crippen LogP contribution >= 0.6 is 69.2 Å². The van der Waals surface area contributed by atoms with Crippen molar-refractivity contribution in [3.8, 4) is 5.75 Å². The van der Waals surface area contributed by atoms with Crippen LogP contribution in [0.25, 0.3) is 6.08 Å². The van der Waals surface area contributed by atoms with Gasteiger partial charge in [0.05, 0.1) is 17.7 Å². The minimum atomic E-state index is -0.111. The average molecular weight is 593 g/mol. The van der Waals surface area contributed by atoms with E-state index in [0.29, 0.717) is 9.23 Å². The summed E-state index contributed by atoms with van der Waals surface area (Å²) in [6.45, 7) is 4.00. The van der Waals surface area contributed by atoms with Crippen LogP contribution in [0.3, 0.4) is 0 Å². The number of carbonyl (C=O) groups excluding carboxylic acids is 1. The lowest BCUT2D eigenvalue weighted by Gasteiger charge is -2.17. The van der Waals surface area contributed by atoms with Crippen molar-refractivity contribution in [3.05, 3.63) is 59.1 Å². The molecule has 1 fully saturated rings. The van der Waals surface area contributed by atoms with Gasteiger partial charge >= 0.3 is 0 Å². The Bertz CT molecular complexity index is 918. The molecule has 0 spiro atoms. The van der Waals surface area contributed by atoms with Crippen LogP contribution in [0.5, 0.6) is 5.75 Å². The summed E-state index contributed by atoms with van der Waals surface area (Å²) in [6.07, 6.45) is 1.83. The van der Waals surface area contributed by atoms with Crippen molar-refractivity contribution >= 4 is 91.2 Å². The number of carbonyl (C=O) groups is 1. The number of hydrogen-bond acceptors (Lipinski definition) is 4. The molecule has 1 aliphatic rings. The molecule has 1 heterocycles. The number of benzene rings is 2. The van der Waals surface area contributed by atoms with E-state index in [1.807, 2.05) is 50.3 Å². The Labute approximate surface area is 183 Å². The Morgan fingerprint density at radius 2 is 1.80 bits per heavy atom. The number of rotatable bonds is 2. The lowest BCUT2D eigenvalue weighted by molar-refractivity contribution is -0.113. The zero-order valence-corrected chi connectivity index (χ0v) is 19.3. The third-order valence-corrected chi connectivity index (χ3v) is 6.67. The molecule has 1 aliphatic heterocycles. The Balaban J connectivity index is 1.99. The summed E-state index contributed by atoms with van der Waals surface area (Å²) in [5, 5.41) is 9.89. The minimum absolute atomic E-state index is 0.111. The van der Waals surface area contributed by atoms with Gasteiger partial charge in [-0.2, -0.15) is 0 Å². The molecule has 25 heavy (non-hydrogen) atoms. The second-order valence-electron chi connectivity index (χ2n) is 5.64. The van der Waals surface area contributed by atoms with Crippen molar-refractivity contribution in [2.45, 2.75) is 13.8 Å². The molecule has 2 aromatic rings. The number of amides is 1. The van der Waals surface area contributed by atoms with E-state index in [2.05, 4.69) is 45.2 Å². The molecule has 0 unspecified atom stereocenters. The molecule has 0 radical (unpaired) electrons. The first-order valence-corrected chi connectivity index (χ1v) is 10.7. The lowest BCUT2D eigenvalue weighted by Crippen LogP contribution is -2.28. The van der Waals surface area contributed by atoms with Crippen molar-refractivity contribution in [1.82, 2.24) is 0 Å². The zero-order valence-electron chi connectivity index (χ0n) is 13.3. The van der Waals surface area contributed by atoms with Gasteiger partial charge in [-0.25, -0.2) is 0 Å². The second-order valence-corrected chi connectivity index (χ2v) is 9.64. The van der Waals surface area contributed by atoms with Crippen LogP contribution in [0.15, 0.2) is 35.2 Å². The molecule has 1 amide bonds. The van der Waals surface area contributed by atoms with Crippen molar-refractivity contribution in [2.75, 3.05) is 4.90 Å². The maximum absolute atomic E-state index is 12.9. The van der Waals surface area contributed by atoms with E-state index in [9.17, 15) is 9.90 Å². The van der Waals surface area contributed by atoms with Gasteiger partial charge in [0.15, 0.2) is 4.32 Å². The van der Waals surface area contributed by atoms with Gasteiger partial charge in [0.1, 0.15) is 5.75 Å². The van der Waals surface area contributed by atoms with Gasteiger partial charge < -0.3 is 5.11 Å². The molecule has 0 atom stereocenters. The fourth-order valence-corrected chi connectivity index (χ4v) is 5.65. The summed E-state index contributed by atoms with van der Waals surface area (Å²) >= 11 is 10.9. The predicted molar refractivity (Wildman–Crippen MR) is 125 cm³/mol. The third kappa shape index (κ3) is 3.88. The van der Waals surface area contributed by atoms with E-state index in [1.54, 1.807) is 4.90 Å². The zero-order chi connectivity index (χ0) is 18.3. The number of nitrogens with zero attached hydrogens (tertiary/aromatic N) is 1. The normalized spacial score (nSPS) is 16.2. The standard InChI is InChI=1S/C18H13I2NO2S2/c1-9-3-4-14(10(2)5-9)21-17(23)15(25-18(21)24)8-11-6-12(19)16(22)13(20)7-11/h3-8,22H,1-2H3/b15-8-. The maximum atomic E-state index is 12.9. The van der Waals surface area contributed by atoms with Crippen LogP contribution in [0.4, 0.5) is 5.69 Å². The second kappa shape index (κ2) is 7.53. The van der Waals surface area contributed by atoms with E-state index in [0.717, 1.165) is 29.5 Å². The summed E-state index contributed by atoms with van der Waals surface area (Å²) in [5.74, 6) is 0.154. The number of thioether (sulfide) groups is 1. The average Bonchev–Trinajstić information content (AvgIpc) is 2.80. The van der Waals surface area contributed by atoms with Crippen molar-refractivity contribution < 1.29 is 9.90 Å². The van der Waals surface area contributed by atoms with Gasteiger partial charge in [-0.15, -0.1) is 0 Å². The molecule has 3 nitrogen and oxygen atoms in total. The molecular formula is C18H13I2NO2S2. The van der Waals surface area contributed by atoms with Crippen LogP contribution in [0.2, 0.25) is 0 Å². The van der Waals surface area contributed by atoms with E-state index in [1.165, 1.54) is 11.8 Å². The number of phenols is 1. The number of phenolic OH excluding ortho intramolecular Hbond substituents is 1. The third-order valence-electron chi connectivity index (χ3n) is 3.72. The molecule has 7 heteroatoms. The van der Waals surface area contributed by atoms with Crippen LogP contribution in [0, 0.1) is 21.0 Å². The number of aromatic hydroxyl groups is 1. The number of halogens is 2. The molecular weight excluding hydrogens is 580 g/mol. The SMILES string of the molecule is Cc1ccc(N2C(=O)/C(=C/c3cc(I)c(O)c(I)c3)SC2=S)c(C)c1. The molecule has 0 aliphatic carbocycles. The van der Waals surface area contributed by atoms with Gasteiger partial charge in [0.25, 0.3) is 5.91 Å².